The lowest BCUT2D eigenvalue weighted by molar-refractivity contribution is 0.0699. The van der Waals surface area contributed by atoms with Gasteiger partial charge in [-0.25, -0.2) is 18.6 Å². The average molecular weight is 329 g/mol. The van der Waals surface area contributed by atoms with Gasteiger partial charge in [0.1, 0.15) is 17.1 Å². The Balaban J connectivity index is 2.32. The van der Waals surface area contributed by atoms with E-state index in [-0.39, 0.29) is 16.5 Å². The van der Waals surface area contributed by atoms with Gasteiger partial charge in [0.2, 0.25) is 0 Å². The lowest BCUT2D eigenvalue weighted by Gasteiger charge is -2.11. The number of nitrogens with zero attached hydrogens (tertiary/aromatic N) is 1. The fraction of sp³-hybridized carbons (Fsp3) is 0.111. The summed E-state index contributed by atoms with van der Waals surface area (Å²) in [5, 5.41) is 9.32. The molecule has 0 unspecified atom stereocenters. The maximum absolute atomic E-state index is 14.1. The topological polar surface area (TPSA) is 59.4 Å². The molecule has 0 fully saturated rings. The normalized spacial score (nSPS) is 10.8. The van der Waals surface area contributed by atoms with Crippen LogP contribution in [0.3, 0.4) is 0 Å². The summed E-state index contributed by atoms with van der Waals surface area (Å²) in [5.41, 5.74) is 1.35. The molecule has 3 rings (SSSR count). The molecule has 24 heavy (non-hydrogen) atoms. The molecule has 1 heterocycles. The molecule has 3 aromatic rings. The molecule has 2 aromatic carbocycles. The van der Waals surface area contributed by atoms with Crippen LogP contribution in [0.4, 0.5) is 8.78 Å². The SMILES string of the molecule is COc1ccc(-c2cc(C(=O)O)c3cc(F)cc(F)c3n2)c(C)c1. The number of hydrogen-bond acceptors (Lipinski definition) is 3. The van der Waals surface area contributed by atoms with E-state index in [4.69, 9.17) is 4.74 Å². The number of carbonyl (C=O) groups is 1. The first-order valence-electron chi connectivity index (χ1n) is 7.09. The molecular weight excluding hydrogens is 316 g/mol. The highest BCUT2D eigenvalue weighted by molar-refractivity contribution is 6.04. The van der Waals surface area contributed by atoms with Gasteiger partial charge >= 0.3 is 5.97 Å². The minimum Gasteiger partial charge on any atom is -0.497 e. The van der Waals surface area contributed by atoms with Crippen LogP contribution in [0, 0.1) is 18.6 Å². The van der Waals surface area contributed by atoms with E-state index in [2.05, 4.69) is 4.98 Å². The summed E-state index contributed by atoms with van der Waals surface area (Å²) in [4.78, 5) is 15.7. The van der Waals surface area contributed by atoms with Crippen LogP contribution in [0.5, 0.6) is 5.75 Å². The standard InChI is InChI=1S/C18H13F2NO3/c1-9-5-11(24-2)3-4-12(9)16-8-14(18(22)23)13-6-10(19)7-15(20)17(13)21-16/h3-8H,1-2H3,(H,22,23). The molecule has 0 aliphatic carbocycles. The van der Waals surface area contributed by atoms with Crippen molar-refractivity contribution in [2.75, 3.05) is 7.11 Å². The monoisotopic (exact) mass is 329 g/mol. The Bertz CT molecular complexity index is 970. The maximum Gasteiger partial charge on any atom is 0.336 e. The van der Waals surface area contributed by atoms with Crippen LogP contribution in [-0.4, -0.2) is 23.2 Å². The van der Waals surface area contributed by atoms with Crippen LogP contribution in [0.2, 0.25) is 0 Å². The molecule has 0 spiro atoms. The van der Waals surface area contributed by atoms with Gasteiger partial charge in [0.15, 0.2) is 5.82 Å². The minimum atomic E-state index is -1.28. The van der Waals surface area contributed by atoms with Crippen molar-refractivity contribution >= 4 is 16.9 Å². The van der Waals surface area contributed by atoms with Crippen molar-refractivity contribution in [3.05, 3.63) is 59.2 Å². The van der Waals surface area contributed by atoms with Crippen molar-refractivity contribution in [2.45, 2.75) is 6.92 Å². The third kappa shape index (κ3) is 2.67. The van der Waals surface area contributed by atoms with Crippen LogP contribution in [0.15, 0.2) is 36.4 Å². The number of aromatic carboxylic acids is 1. The van der Waals surface area contributed by atoms with Crippen LogP contribution in [-0.2, 0) is 0 Å². The predicted molar refractivity (Wildman–Crippen MR) is 85.3 cm³/mol. The average Bonchev–Trinajstić information content (AvgIpc) is 2.53. The summed E-state index contributed by atoms with van der Waals surface area (Å²) in [6.45, 7) is 1.81. The number of methoxy groups -OCH3 is 1. The van der Waals surface area contributed by atoms with Gasteiger partial charge in [-0.15, -0.1) is 0 Å². The number of hydrogen-bond donors (Lipinski definition) is 1. The Hall–Kier alpha value is -3.02. The van der Waals surface area contributed by atoms with Crippen LogP contribution in [0.1, 0.15) is 15.9 Å². The Morgan fingerprint density at radius 3 is 2.54 bits per heavy atom. The van der Waals surface area contributed by atoms with E-state index < -0.39 is 17.6 Å². The quantitative estimate of drug-likeness (QED) is 0.782. The van der Waals surface area contributed by atoms with Crippen molar-refractivity contribution in [1.29, 1.82) is 0 Å². The Morgan fingerprint density at radius 2 is 1.92 bits per heavy atom. The minimum absolute atomic E-state index is 0.0742. The van der Waals surface area contributed by atoms with Gasteiger partial charge in [0.25, 0.3) is 0 Å². The smallest absolute Gasteiger partial charge is 0.336 e. The number of halogens is 2. The number of aryl methyl sites for hydroxylation is 1. The zero-order chi connectivity index (χ0) is 17.4. The molecule has 0 saturated heterocycles. The Kier molecular flexibility index (Phi) is 3.89. The number of pyridine rings is 1. The highest BCUT2D eigenvalue weighted by Gasteiger charge is 2.17. The van der Waals surface area contributed by atoms with E-state index in [0.717, 1.165) is 11.6 Å². The summed E-state index contributed by atoms with van der Waals surface area (Å²) in [7, 11) is 1.54. The molecular formula is C18H13F2NO3. The highest BCUT2D eigenvalue weighted by atomic mass is 19.1. The first kappa shape index (κ1) is 15.9. The third-order valence-corrected chi connectivity index (χ3v) is 3.77. The summed E-state index contributed by atoms with van der Waals surface area (Å²) in [6, 6.07) is 8.16. The van der Waals surface area contributed by atoms with Crippen molar-refractivity contribution in [1.82, 2.24) is 4.98 Å². The summed E-state index contributed by atoms with van der Waals surface area (Å²) in [5.74, 6) is -2.39. The number of rotatable bonds is 3. The predicted octanol–water partition coefficient (Wildman–Crippen LogP) is 4.20. The zero-order valence-electron chi connectivity index (χ0n) is 12.9. The van der Waals surface area contributed by atoms with E-state index in [1.165, 1.54) is 13.2 Å². The molecule has 1 aromatic heterocycles. The van der Waals surface area contributed by atoms with Gasteiger partial charge in [0.05, 0.1) is 18.4 Å². The maximum atomic E-state index is 14.1. The van der Waals surface area contributed by atoms with E-state index in [1.807, 2.05) is 6.92 Å². The van der Waals surface area contributed by atoms with Gasteiger partial charge in [0, 0.05) is 17.0 Å². The largest absolute Gasteiger partial charge is 0.497 e. The van der Waals surface area contributed by atoms with E-state index in [0.29, 0.717) is 23.1 Å². The molecule has 0 radical (unpaired) electrons. The van der Waals surface area contributed by atoms with Gasteiger partial charge in [-0.05, 0) is 42.8 Å². The number of ether oxygens (including phenoxy) is 1. The molecule has 4 nitrogen and oxygen atoms in total. The molecule has 0 aliphatic rings. The number of fused-ring (bicyclic) bond motifs is 1. The van der Waals surface area contributed by atoms with Crippen molar-refractivity contribution in [2.24, 2.45) is 0 Å². The molecule has 0 bridgehead atoms. The highest BCUT2D eigenvalue weighted by Crippen LogP contribution is 2.30. The lowest BCUT2D eigenvalue weighted by Crippen LogP contribution is -2.02. The van der Waals surface area contributed by atoms with Crippen LogP contribution < -0.4 is 4.74 Å². The van der Waals surface area contributed by atoms with Crippen LogP contribution in [0.25, 0.3) is 22.2 Å². The number of benzene rings is 2. The van der Waals surface area contributed by atoms with Gasteiger partial charge < -0.3 is 9.84 Å². The van der Waals surface area contributed by atoms with Gasteiger partial charge in [-0.1, -0.05) is 0 Å². The van der Waals surface area contributed by atoms with Crippen molar-refractivity contribution in [3.63, 3.8) is 0 Å². The van der Waals surface area contributed by atoms with E-state index >= 15 is 0 Å². The Labute approximate surface area is 136 Å². The first-order valence-corrected chi connectivity index (χ1v) is 7.09. The molecule has 0 amide bonds. The molecule has 0 saturated carbocycles. The van der Waals surface area contributed by atoms with E-state index in [1.54, 1.807) is 18.2 Å². The van der Waals surface area contributed by atoms with Crippen molar-refractivity contribution < 1.29 is 23.4 Å². The second-order valence-electron chi connectivity index (χ2n) is 5.32. The lowest BCUT2D eigenvalue weighted by atomic mass is 10.0. The summed E-state index contributed by atoms with van der Waals surface area (Å²) in [6.07, 6.45) is 0. The first-order chi connectivity index (χ1) is 11.4. The molecule has 0 aliphatic heterocycles. The zero-order valence-corrected chi connectivity index (χ0v) is 12.9. The number of carboxylic acid groups (broad SMARTS) is 1. The Morgan fingerprint density at radius 1 is 1.17 bits per heavy atom. The second-order valence-corrected chi connectivity index (χ2v) is 5.32. The summed E-state index contributed by atoms with van der Waals surface area (Å²) < 4.78 is 32.7. The number of aromatic nitrogens is 1. The van der Waals surface area contributed by atoms with Gasteiger partial charge in [-0.3, -0.25) is 0 Å². The molecule has 1 N–H and O–H groups in total. The molecule has 0 atom stereocenters. The van der Waals surface area contributed by atoms with Crippen LogP contribution >= 0.6 is 0 Å². The number of carboxylic acids is 1. The van der Waals surface area contributed by atoms with E-state index in [9.17, 15) is 18.7 Å². The van der Waals surface area contributed by atoms with Crippen molar-refractivity contribution in [3.8, 4) is 17.0 Å². The third-order valence-electron chi connectivity index (χ3n) is 3.77. The van der Waals surface area contributed by atoms with Gasteiger partial charge in [-0.2, -0.15) is 0 Å². The molecule has 122 valence electrons. The second kappa shape index (κ2) is 5.88. The molecule has 6 heteroatoms. The fourth-order valence-electron chi connectivity index (χ4n) is 2.62. The fourth-order valence-corrected chi connectivity index (χ4v) is 2.62. The summed E-state index contributed by atoms with van der Waals surface area (Å²) >= 11 is 0.